The summed E-state index contributed by atoms with van der Waals surface area (Å²) in [6.07, 6.45) is 0. The second-order valence-corrected chi connectivity index (χ2v) is 3.23. The molecule has 0 saturated carbocycles. The highest BCUT2D eigenvalue weighted by atomic mass is 79.9. The highest BCUT2D eigenvalue weighted by Crippen LogP contribution is 2.24. The van der Waals surface area contributed by atoms with Crippen molar-refractivity contribution in [3.05, 3.63) is 29.1 Å². The summed E-state index contributed by atoms with van der Waals surface area (Å²) in [7, 11) is 1.30. The van der Waals surface area contributed by atoms with Gasteiger partial charge < -0.3 is 4.74 Å². The van der Waals surface area contributed by atoms with Gasteiger partial charge in [0.15, 0.2) is 17.3 Å². The first kappa shape index (κ1) is 11.7. The number of Topliss-reactive ketones (excluding diaryl/α,β-unsaturated/α-hetero) is 1. The van der Waals surface area contributed by atoms with Gasteiger partial charge in [-0.25, -0.2) is 4.39 Å². The van der Waals surface area contributed by atoms with Crippen LogP contribution in [0.1, 0.15) is 15.9 Å². The minimum absolute atomic E-state index is 0.0118. The largest absolute Gasteiger partial charge is 0.494 e. The zero-order chi connectivity index (χ0) is 11.4. The zero-order valence-electron chi connectivity index (χ0n) is 7.88. The number of carbonyl (C=O) groups is 1. The van der Waals surface area contributed by atoms with Crippen LogP contribution in [0.4, 0.5) is 4.39 Å². The fourth-order valence-corrected chi connectivity index (χ4v) is 1.43. The van der Waals surface area contributed by atoms with E-state index in [9.17, 15) is 9.18 Å². The highest BCUT2D eigenvalue weighted by Gasteiger charge is 2.19. The minimum atomic E-state index is -0.791. The molecule has 1 rings (SSSR count). The van der Waals surface area contributed by atoms with Gasteiger partial charge in [-0.15, -0.1) is 0 Å². The smallest absolute Gasteiger partial charge is 0.177 e. The van der Waals surface area contributed by atoms with Crippen LogP contribution < -0.4 is 4.74 Å². The lowest BCUT2D eigenvalue weighted by Crippen LogP contribution is -2.08. The number of nitriles is 1. The minimum Gasteiger partial charge on any atom is -0.494 e. The van der Waals surface area contributed by atoms with Gasteiger partial charge in [0.05, 0.1) is 29.6 Å². The monoisotopic (exact) mass is 271 g/mol. The zero-order valence-corrected chi connectivity index (χ0v) is 9.47. The lowest BCUT2D eigenvalue weighted by atomic mass is 10.0. The summed E-state index contributed by atoms with van der Waals surface area (Å²) >= 11 is 2.93. The van der Waals surface area contributed by atoms with Crippen LogP contribution in [0.3, 0.4) is 0 Å². The first-order valence-corrected chi connectivity index (χ1v) is 5.13. The van der Waals surface area contributed by atoms with Crippen LogP contribution in [0.15, 0.2) is 12.1 Å². The molecule has 15 heavy (non-hydrogen) atoms. The number of alkyl halides is 1. The van der Waals surface area contributed by atoms with Gasteiger partial charge in [0, 0.05) is 0 Å². The van der Waals surface area contributed by atoms with Gasteiger partial charge >= 0.3 is 0 Å². The number of carbonyl (C=O) groups excluding carboxylic acids is 1. The molecule has 78 valence electrons. The van der Waals surface area contributed by atoms with E-state index in [-0.39, 0.29) is 22.2 Å². The molecular formula is C10H7BrFNO2. The van der Waals surface area contributed by atoms with E-state index in [0.717, 1.165) is 0 Å². The molecule has 0 heterocycles. The van der Waals surface area contributed by atoms with E-state index in [0.29, 0.717) is 0 Å². The van der Waals surface area contributed by atoms with Crippen molar-refractivity contribution in [2.45, 2.75) is 0 Å². The molecule has 0 amide bonds. The van der Waals surface area contributed by atoms with Crippen LogP contribution in [-0.4, -0.2) is 18.2 Å². The van der Waals surface area contributed by atoms with Gasteiger partial charge in [0.1, 0.15) is 0 Å². The second-order valence-electron chi connectivity index (χ2n) is 2.67. The third-order valence-electron chi connectivity index (χ3n) is 1.85. The molecule has 5 heteroatoms. The molecule has 0 fully saturated rings. The summed E-state index contributed by atoms with van der Waals surface area (Å²) in [5.74, 6) is -1.32. The van der Waals surface area contributed by atoms with Crippen molar-refractivity contribution >= 4 is 21.7 Å². The summed E-state index contributed by atoms with van der Waals surface area (Å²) < 4.78 is 18.4. The van der Waals surface area contributed by atoms with Gasteiger partial charge in [-0.1, -0.05) is 15.9 Å². The molecule has 1 aromatic carbocycles. The molecule has 0 aromatic heterocycles. The molecule has 0 unspecified atom stereocenters. The average Bonchev–Trinajstić information content (AvgIpc) is 2.27. The van der Waals surface area contributed by atoms with Crippen molar-refractivity contribution in [3.63, 3.8) is 0 Å². The van der Waals surface area contributed by atoms with E-state index in [2.05, 4.69) is 15.9 Å². The van der Waals surface area contributed by atoms with Gasteiger partial charge in [0.25, 0.3) is 0 Å². The topological polar surface area (TPSA) is 50.1 Å². The van der Waals surface area contributed by atoms with Gasteiger partial charge in [-0.05, 0) is 12.1 Å². The molecule has 0 N–H and O–H groups in total. The van der Waals surface area contributed by atoms with E-state index in [1.54, 1.807) is 6.07 Å². The first-order chi connectivity index (χ1) is 7.15. The molecule has 0 radical (unpaired) electrons. The highest BCUT2D eigenvalue weighted by molar-refractivity contribution is 9.09. The van der Waals surface area contributed by atoms with E-state index in [4.69, 9.17) is 10.00 Å². The number of hydrogen-bond donors (Lipinski definition) is 0. The number of benzene rings is 1. The Kier molecular flexibility index (Phi) is 3.81. The fourth-order valence-electron chi connectivity index (χ4n) is 1.15. The maximum Gasteiger partial charge on any atom is 0.177 e. The number of nitrogens with zero attached hydrogens (tertiary/aromatic N) is 1. The number of methoxy groups -OCH3 is 1. The van der Waals surface area contributed by atoms with Crippen molar-refractivity contribution in [3.8, 4) is 11.8 Å². The molecule has 0 atom stereocenters. The van der Waals surface area contributed by atoms with E-state index < -0.39 is 11.6 Å². The number of hydrogen-bond acceptors (Lipinski definition) is 3. The first-order valence-electron chi connectivity index (χ1n) is 4.01. The normalized spacial score (nSPS) is 9.47. The van der Waals surface area contributed by atoms with Crippen molar-refractivity contribution in [1.82, 2.24) is 0 Å². The van der Waals surface area contributed by atoms with Gasteiger partial charge in [0.2, 0.25) is 0 Å². The Balaban J connectivity index is 3.44. The fraction of sp³-hybridized carbons (Fsp3) is 0.200. The predicted molar refractivity (Wildman–Crippen MR) is 55.8 cm³/mol. The summed E-state index contributed by atoms with van der Waals surface area (Å²) in [6.45, 7) is 0. The molecular weight excluding hydrogens is 265 g/mol. The Labute approximate surface area is 94.6 Å². The number of ketones is 1. The Bertz CT molecular complexity index is 440. The Morgan fingerprint density at radius 3 is 2.80 bits per heavy atom. The van der Waals surface area contributed by atoms with Crippen LogP contribution in [-0.2, 0) is 0 Å². The van der Waals surface area contributed by atoms with Crippen molar-refractivity contribution < 1.29 is 13.9 Å². The summed E-state index contributed by atoms with van der Waals surface area (Å²) in [4.78, 5) is 11.4. The maximum absolute atomic E-state index is 13.6. The van der Waals surface area contributed by atoms with E-state index in [1.165, 1.54) is 19.2 Å². The quantitative estimate of drug-likeness (QED) is 0.626. The van der Waals surface area contributed by atoms with Crippen LogP contribution in [0.25, 0.3) is 0 Å². The molecule has 0 aliphatic carbocycles. The summed E-state index contributed by atoms with van der Waals surface area (Å²) in [5.41, 5.74) is -0.216. The van der Waals surface area contributed by atoms with Crippen LogP contribution in [0.5, 0.6) is 5.75 Å². The third-order valence-corrected chi connectivity index (χ3v) is 2.36. The lowest BCUT2D eigenvalue weighted by Gasteiger charge is -2.06. The van der Waals surface area contributed by atoms with Gasteiger partial charge in [-0.2, -0.15) is 5.26 Å². The van der Waals surface area contributed by atoms with Crippen molar-refractivity contribution in [1.29, 1.82) is 5.26 Å². The molecule has 1 aromatic rings. The average molecular weight is 272 g/mol. The summed E-state index contributed by atoms with van der Waals surface area (Å²) in [5, 5.41) is 8.69. The lowest BCUT2D eigenvalue weighted by molar-refractivity contribution is 0.101. The second kappa shape index (κ2) is 4.89. The Hall–Kier alpha value is -1.41. The SMILES string of the molecule is COc1ccc(C#N)c(C(=O)CBr)c1F. The van der Waals surface area contributed by atoms with E-state index >= 15 is 0 Å². The summed E-state index contributed by atoms with van der Waals surface area (Å²) in [6, 6.07) is 4.44. The number of ether oxygens (including phenoxy) is 1. The molecule has 0 spiro atoms. The molecule has 0 bridgehead atoms. The maximum atomic E-state index is 13.6. The Morgan fingerprint density at radius 1 is 1.67 bits per heavy atom. The van der Waals surface area contributed by atoms with Crippen LogP contribution >= 0.6 is 15.9 Å². The number of halogens is 2. The molecule has 0 saturated heterocycles. The van der Waals surface area contributed by atoms with Gasteiger partial charge in [-0.3, -0.25) is 4.79 Å². The molecule has 0 aliphatic heterocycles. The van der Waals surface area contributed by atoms with Crippen LogP contribution in [0.2, 0.25) is 0 Å². The standard InChI is InChI=1S/C10H7BrFNO2/c1-15-8-3-2-6(5-13)9(10(8)12)7(14)4-11/h2-3H,4H2,1H3. The van der Waals surface area contributed by atoms with Crippen LogP contribution in [0, 0.1) is 17.1 Å². The van der Waals surface area contributed by atoms with Crippen molar-refractivity contribution in [2.24, 2.45) is 0 Å². The Morgan fingerprint density at radius 2 is 2.33 bits per heavy atom. The predicted octanol–water partition coefficient (Wildman–Crippen LogP) is 2.28. The number of rotatable bonds is 3. The molecule has 3 nitrogen and oxygen atoms in total. The van der Waals surface area contributed by atoms with E-state index in [1.807, 2.05) is 0 Å². The third kappa shape index (κ3) is 2.16. The van der Waals surface area contributed by atoms with Crippen molar-refractivity contribution in [2.75, 3.05) is 12.4 Å². The molecule has 0 aliphatic rings.